The first-order valence-corrected chi connectivity index (χ1v) is 18.5. The molecule has 0 radical (unpaired) electrons. The van der Waals surface area contributed by atoms with Crippen LogP contribution in [-0.4, -0.2) is 0 Å². The zero-order chi connectivity index (χ0) is 35.5. The third-order valence-corrected chi connectivity index (χ3v) is 12.4. The number of hydrogen-bond donors (Lipinski definition) is 0. The Bertz CT molecular complexity index is 2650. The molecule has 0 unspecified atom stereocenters. The third-order valence-electron chi connectivity index (χ3n) is 12.4. The summed E-state index contributed by atoms with van der Waals surface area (Å²) < 4.78 is 20.7. The van der Waals surface area contributed by atoms with Gasteiger partial charge in [0.2, 0.25) is 0 Å². The molecule has 7 aromatic rings. The Balaban J connectivity index is 1.09. The summed E-state index contributed by atoms with van der Waals surface area (Å²) in [5, 5.41) is 0. The van der Waals surface area contributed by atoms with Crippen molar-refractivity contribution >= 4 is 17.1 Å². The van der Waals surface area contributed by atoms with Gasteiger partial charge in [-0.25, -0.2) is 0 Å². The van der Waals surface area contributed by atoms with Crippen LogP contribution in [0.1, 0.15) is 55.5 Å². The van der Waals surface area contributed by atoms with Crippen molar-refractivity contribution in [3.05, 3.63) is 149 Å². The van der Waals surface area contributed by atoms with E-state index in [1.165, 1.54) is 55.6 Å². The zero-order valence-corrected chi connectivity index (χ0v) is 30.2. The van der Waals surface area contributed by atoms with E-state index in [2.05, 4.69) is 161 Å². The lowest BCUT2D eigenvalue weighted by atomic mass is 9.82. The van der Waals surface area contributed by atoms with Gasteiger partial charge in [-0.1, -0.05) is 113 Å². The fraction of sp³-hybridized carbons (Fsp3) is 0.143. The van der Waals surface area contributed by atoms with E-state index in [1.807, 2.05) is 0 Å². The van der Waals surface area contributed by atoms with Crippen LogP contribution in [0.4, 0.5) is 17.1 Å². The van der Waals surface area contributed by atoms with Crippen molar-refractivity contribution in [2.75, 3.05) is 4.90 Å². The average molecular weight is 686 g/mol. The first kappa shape index (κ1) is 29.3. The molecular weight excluding hydrogens is 651 g/mol. The number of fused-ring (bicyclic) bond motifs is 6. The molecule has 0 spiro atoms. The minimum absolute atomic E-state index is 0.100. The third kappa shape index (κ3) is 3.61. The predicted octanol–water partition coefficient (Wildman–Crippen LogP) is 13.7. The smallest absolute Gasteiger partial charge is 0.156 e. The van der Waals surface area contributed by atoms with Crippen molar-refractivity contribution in [3.63, 3.8) is 0 Å². The molecule has 0 N–H and O–H groups in total. The van der Waals surface area contributed by atoms with E-state index in [0.717, 1.165) is 68.2 Å². The van der Waals surface area contributed by atoms with Gasteiger partial charge in [-0.3, -0.25) is 4.90 Å². The Kier molecular flexibility index (Phi) is 5.30. The van der Waals surface area contributed by atoms with Crippen LogP contribution in [0.25, 0.3) is 44.5 Å². The molecule has 4 heteroatoms. The fourth-order valence-corrected chi connectivity index (χ4v) is 10.00. The van der Waals surface area contributed by atoms with Gasteiger partial charge in [-0.2, -0.15) is 0 Å². The first-order chi connectivity index (χ1) is 25.7. The van der Waals surface area contributed by atoms with Crippen LogP contribution in [-0.2, 0) is 10.8 Å². The first-order valence-electron chi connectivity index (χ1n) is 18.5. The highest BCUT2D eigenvalue weighted by Gasteiger charge is 2.44. The highest BCUT2D eigenvalue weighted by atomic mass is 16.5. The Morgan fingerprint density at radius 1 is 0.396 bits per heavy atom. The van der Waals surface area contributed by atoms with Gasteiger partial charge in [-0.05, 0) is 116 Å². The van der Waals surface area contributed by atoms with Crippen LogP contribution in [0.3, 0.4) is 0 Å². The molecule has 0 atom stereocenters. The summed E-state index contributed by atoms with van der Waals surface area (Å²) in [7, 11) is 0. The van der Waals surface area contributed by atoms with Gasteiger partial charge >= 0.3 is 0 Å². The van der Waals surface area contributed by atoms with E-state index in [0.29, 0.717) is 0 Å². The molecule has 0 amide bonds. The Morgan fingerprint density at radius 3 is 1.15 bits per heavy atom. The van der Waals surface area contributed by atoms with Crippen molar-refractivity contribution in [2.45, 2.75) is 45.4 Å². The van der Waals surface area contributed by atoms with Gasteiger partial charge in [0.25, 0.3) is 0 Å². The van der Waals surface area contributed by atoms with Crippen LogP contribution in [0.15, 0.2) is 121 Å². The van der Waals surface area contributed by atoms with Gasteiger partial charge < -0.3 is 14.2 Å². The van der Waals surface area contributed by atoms with E-state index >= 15 is 0 Å². The van der Waals surface area contributed by atoms with E-state index < -0.39 is 0 Å². The monoisotopic (exact) mass is 685 g/mol. The van der Waals surface area contributed by atoms with Gasteiger partial charge in [0.05, 0.1) is 0 Å². The van der Waals surface area contributed by atoms with Crippen molar-refractivity contribution in [3.8, 4) is 79.0 Å². The second-order valence-corrected chi connectivity index (χ2v) is 16.2. The number of aryl methyl sites for hydroxylation is 1. The molecule has 4 nitrogen and oxygen atoms in total. The highest BCUT2D eigenvalue weighted by molar-refractivity contribution is 6.03. The maximum Gasteiger partial charge on any atom is 0.156 e. The van der Waals surface area contributed by atoms with Gasteiger partial charge in [0.1, 0.15) is 17.1 Å². The minimum atomic E-state index is -0.100. The standard InChI is InChI=1S/C49H35NO3/c1-26-20-37-45-38(21-26)52-40-23-28(30-15-11-19-36-44(30)32-13-7-9-17-34(32)49(36,4)5)25-42-47(40)50(45)46-39(51-37)22-27(24-41(46)53-42)29-14-10-18-35-43(29)31-12-6-8-16-33(31)48(35,2)3/h6-25H,1-5H3. The molecule has 3 heterocycles. The molecule has 2 aliphatic carbocycles. The summed E-state index contributed by atoms with van der Waals surface area (Å²) in [5.41, 5.74) is 18.6. The van der Waals surface area contributed by atoms with E-state index in [-0.39, 0.29) is 10.8 Å². The SMILES string of the molecule is Cc1cc2c3c(c1)Oc1cc(-c4cccc5c4-c4ccccc4C5(C)C)cc4c1N3c1c(cc(-c3cccc5c3-c3ccccc3C5(C)C)cc1O4)O2. The molecule has 0 saturated carbocycles. The lowest BCUT2D eigenvalue weighted by Gasteiger charge is -2.42. The molecule has 0 bridgehead atoms. The summed E-state index contributed by atoms with van der Waals surface area (Å²) in [6.45, 7) is 11.4. The van der Waals surface area contributed by atoms with Crippen molar-refractivity contribution in [1.29, 1.82) is 0 Å². The molecular formula is C49H35NO3. The average Bonchev–Trinajstić information content (AvgIpc) is 3.54. The molecule has 0 fully saturated rings. The largest absolute Gasteiger partial charge is 0.453 e. The number of anilines is 3. The number of rotatable bonds is 2. The summed E-state index contributed by atoms with van der Waals surface area (Å²) in [6.07, 6.45) is 0. The van der Waals surface area contributed by atoms with Crippen LogP contribution < -0.4 is 19.1 Å². The fourth-order valence-electron chi connectivity index (χ4n) is 10.00. The predicted molar refractivity (Wildman–Crippen MR) is 212 cm³/mol. The van der Waals surface area contributed by atoms with E-state index in [9.17, 15) is 0 Å². The van der Waals surface area contributed by atoms with E-state index in [4.69, 9.17) is 14.2 Å². The number of benzene rings is 7. The Labute approximate surface area is 308 Å². The van der Waals surface area contributed by atoms with Crippen LogP contribution >= 0.6 is 0 Å². The molecule has 7 aromatic carbocycles. The van der Waals surface area contributed by atoms with Gasteiger partial charge in [-0.15, -0.1) is 0 Å². The molecule has 5 aliphatic rings. The second-order valence-electron chi connectivity index (χ2n) is 16.2. The summed E-state index contributed by atoms with van der Waals surface area (Å²) in [6, 6.07) is 44.1. The highest BCUT2D eigenvalue weighted by Crippen LogP contribution is 2.68. The molecule has 254 valence electrons. The Morgan fingerprint density at radius 2 is 0.736 bits per heavy atom. The molecule has 53 heavy (non-hydrogen) atoms. The topological polar surface area (TPSA) is 30.9 Å². The maximum absolute atomic E-state index is 7.06. The molecule has 12 rings (SSSR count). The number of hydrogen-bond acceptors (Lipinski definition) is 4. The number of ether oxygens (including phenoxy) is 3. The normalized spacial score (nSPS) is 16.0. The molecule has 0 saturated heterocycles. The second kappa shape index (κ2) is 9.58. The zero-order valence-electron chi connectivity index (χ0n) is 30.2. The van der Waals surface area contributed by atoms with Crippen molar-refractivity contribution < 1.29 is 14.2 Å². The number of nitrogens with zero attached hydrogens (tertiary/aromatic N) is 1. The quantitative estimate of drug-likeness (QED) is 0.181. The lowest BCUT2D eigenvalue weighted by molar-refractivity contribution is 0.418. The van der Waals surface area contributed by atoms with E-state index in [1.54, 1.807) is 0 Å². The van der Waals surface area contributed by atoms with Crippen LogP contribution in [0, 0.1) is 6.92 Å². The summed E-state index contributed by atoms with van der Waals surface area (Å²) in [5.74, 6) is 4.63. The molecule has 3 aliphatic heterocycles. The minimum Gasteiger partial charge on any atom is -0.453 e. The Hall–Kier alpha value is -6.26. The van der Waals surface area contributed by atoms with Crippen LogP contribution in [0.2, 0.25) is 0 Å². The van der Waals surface area contributed by atoms with Crippen molar-refractivity contribution in [2.24, 2.45) is 0 Å². The molecule has 0 aromatic heterocycles. The maximum atomic E-state index is 7.06. The van der Waals surface area contributed by atoms with Gasteiger partial charge in [0.15, 0.2) is 34.5 Å². The lowest BCUT2D eigenvalue weighted by Crippen LogP contribution is -2.24. The van der Waals surface area contributed by atoms with Gasteiger partial charge in [0, 0.05) is 10.8 Å². The van der Waals surface area contributed by atoms with Crippen molar-refractivity contribution in [1.82, 2.24) is 0 Å². The summed E-state index contributed by atoms with van der Waals surface area (Å²) >= 11 is 0. The van der Waals surface area contributed by atoms with Crippen LogP contribution in [0.5, 0.6) is 34.5 Å². The summed E-state index contributed by atoms with van der Waals surface area (Å²) in [4.78, 5) is 2.31.